The van der Waals surface area contributed by atoms with Crippen LogP contribution < -0.4 is 20.1 Å². The van der Waals surface area contributed by atoms with Crippen molar-refractivity contribution in [1.82, 2.24) is 0 Å². The van der Waals surface area contributed by atoms with Gasteiger partial charge in [-0.1, -0.05) is 18.2 Å². The number of amides is 2. The van der Waals surface area contributed by atoms with Gasteiger partial charge in [-0.05, 0) is 18.2 Å². The van der Waals surface area contributed by atoms with E-state index in [2.05, 4.69) is 10.6 Å². The maximum Gasteiger partial charge on any atom is 0.323 e. The summed E-state index contributed by atoms with van der Waals surface area (Å²) in [6.07, 6.45) is 0.850. The SMILES string of the molecule is O=C(Nc1ccc2c(c1)OCCCO2)Nc1csc2ccccc12. The Bertz CT molecular complexity index is 891. The van der Waals surface area contributed by atoms with Crippen molar-refractivity contribution in [2.45, 2.75) is 6.42 Å². The Morgan fingerprint density at radius 2 is 1.83 bits per heavy atom. The molecule has 2 amide bonds. The van der Waals surface area contributed by atoms with Gasteiger partial charge in [-0.3, -0.25) is 0 Å². The first-order valence-corrected chi connectivity index (χ1v) is 8.61. The Kier molecular flexibility index (Phi) is 3.96. The third-order valence-electron chi connectivity index (χ3n) is 3.73. The predicted molar refractivity (Wildman–Crippen MR) is 96.5 cm³/mol. The molecule has 0 aliphatic carbocycles. The fraction of sp³-hybridized carbons (Fsp3) is 0.167. The molecule has 1 aromatic heterocycles. The Hall–Kier alpha value is -2.73. The molecular weight excluding hydrogens is 324 g/mol. The first-order chi connectivity index (χ1) is 11.8. The van der Waals surface area contributed by atoms with Gasteiger partial charge >= 0.3 is 6.03 Å². The van der Waals surface area contributed by atoms with E-state index in [0.29, 0.717) is 30.4 Å². The number of benzene rings is 2. The summed E-state index contributed by atoms with van der Waals surface area (Å²) in [6, 6.07) is 13.1. The van der Waals surface area contributed by atoms with Gasteiger partial charge in [-0.15, -0.1) is 11.3 Å². The van der Waals surface area contributed by atoms with Crippen LogP contribution in [0.15, 0.2) is 47.8 Å². The van der Waals surface area contributed by atoms with Crippen molar-refractivity contribution in [2.75, 3.05) is 23.8 Å². The molecule has 0 radical (unpaired) electrons. The normalized spacial score (nSPS) is 13.3. The number of nitrogens with one attached hydrogen (secondary N) is 2. The maximum absolute atomic E-state index is 12.3. The molecule has 6 heteroatoms. The first kappa shape index (κ1) is 14.8. The van der Waals surface area contributed by atoms with Crippen molar-refractivity contribution in [3.63, 3.8) is 0 Å². The number of hydrogen-bond acceptors (Lipinski definition) is 4. The van der Waals surface area contributed by atoms with Crippen LogP contribution in [0.25, 0.3) is 10.1 Å². The summed E-state index contributed by atoms with van der Waals surface area (Å²) in [4.78, 5) is 12.3. The van der Waals surface area contributed by atoms with Crippen molar-refractivity contribution < 1.29 is 14.3 Å². The molecule has 1 aliphatic heterocycles. The fourth-order valence-electron chi connectivity index (χ4n) is 2.60. The minimum Gasteiger partial charge on any atom is -0.490 e. The van der Waals surface area contributed by atoms with Gasteiger partial charge in [0.15, 0.2) is 11.5 Å². The highest BCUT2D eigenvalue weighted by atomic mass is 32.1. The summed E-state index contributed by atoms with van der Waals surface area (Å²) in [7, 11) is 0. The number of thiophene rings is 1. The van der Waals surface area contributed by atoms with E-state index in [9.17, 15) is 4.79 Å². The highest BCUT2D eigenvalue weighted by Crippen LogP contribution is 2.33. The molecule has 4 rings (SSSR count). The molecule has 0 saturated carbocycles. The first-order valence-electron chi connectivity index (χ1n) is 7.73. The maximum atomic E-state index is 12.3. The monoisotopic (exact) mass is 340 g/mol. The number of rotatable bonds is 2. The average molecular weight is 340 g/mol. The number of carbonyl (C=O) groups excluding carboxylic acids is 1. The van der Waals surface area contributed by atoms with E-state index in [1.807, 2.05) is 35.7 Å². The largest absolute Gasteiger partial charge is 0.490 e. The van der Waals surface area contributed by atoms with E-state index in [-0.39, 0.29) is 6.03 Å². The lowest BCUT2D eigenvalue weighted by atomic mass is 10.2. The standard InChI is InChI=1S/C18H16N2O3S/c21-18(20-14-11-24-17-5-2-1-4-13(14)17)19-12-6-7-15-16(10-12)23-9-3-8-22-15/h1-2,4-7,10-11H,3,8-9H2,(H2,19,20,21). The molecule has 2 heterocycles. The number of carbonyl (C=O) groups is 1. The summed E-state index contributed by atoms with van der Waals surface area (Å²) in [6.45, 7) is 1.26. The topological polar surface area (TPSA) is 59.6 Å². The lowest BCUT2D eigenvalue weighted by molar-refractivity contribution is 0.262. The van der Waals surface area contributed by atoms with Crippen LogP contribution in [-0.4, -0.2) is 19.2 Å². The quantitative estimate of drug-likeness (QED) is 0.710. The second kappa shape index (κ2) is 6.41. The fourth-order valence-corrected chi connectivity index (χ4v) is 3.49. The smallest absolute Gasteiger partial charge is 0.323 e. The van der Waals surface area contributed by atoms with Crippen molar-refractivity contribution in [3.8, 4) is 11.5 Å². The van der Waals surface area contributed by atoms with Crippen LogP contribution in [-0.2, 0) is 0 Å². The molecule has 24 heavy (non-hydrogen) atoms. The Balaban J connectivity index is 1.49. The molecule has 0 fully saturated rings. The molecule has 3 aromatic rings. The minimum absolute atomic E-state index is 0.284. The van der Waals surface area contributed by atoms with Crippen LogP contribution in [0, 0.1) is 0 Å². The molecule has 0 atom stereocenters. The zero-order valence-corrected chi connectivity index (χ0v) is 13.7. The van der Waals surface area contributed by atoms with Crippen LogP contribution >= 0.6 is 11.3 Å². The summed E-state index contributed by atoms with van der Waals surface area (Å²) in [5.74, 6) is 1.37. The lowest BCUT2D eigenvalue weighted by Gasteiger charge is -2.11. The van der Waals surface area contributed by atoms with Crippen molar-refractivity contribution in [1.29, 1.82) is 0 Å². The number of ether oxygens (including phenoxy) is 2. The minimum atomic E-state index is -0.284. The molecular formula is C18H16N2O3S. The summed E-state index contributed by atoms with van der Waals surface area (Å²) >= 11 is 1.60. The third kappa shape index (κ3) is 3.00. The van der Waals surface area contributed by atoms with Crippen LogP contribution in [0.3, 0.4) is 0 Å². The van der Waals surface area contributed by atoms with Crippen LogP contribution in [0.1, 0.15) is 6.42 Å². The Morgan fingerprint density at radius 3 is 2.75 bits per heavy atom. The summed E-state index contributed by atoms with van der Waals surface area (Å²) < 4.78 is 12.4. The van der Waals surface area contributed by atoms with Crippen molar-refractivity contribution >= 4 is 38.8 Å². The van der Waals surface area contributed by atoms with E-state index < -0.39 is 0 Å². The third-order valence-corrected chi connectivity index (χ3v) is 4.70. The van der Waals surface area contributed by atoms with E-state index in [1.54, 1.807) is 23.5 Å². The molecule has 2 N–H and O–H groups in total. The average Bonchev–Trinajstić information content (AvgIpc) is 2.84. The zero-order chi connectivity index (χ0) is 16.4. The van der Waals surface area contributed by atoms with E-state index in [1.165, 1.54) is 0 Å². The molecule has 0 bridgehead atoms. The molecule has 122 valence electrons. The molecule has 0 saturated heterocycles. The second-order valence-corrected chi connectivity index (χ2v) is 6.35. The van der Waals surface area contributed by atoms with Crippen LogP contribution in [0.4, 0.5) is 16.2 Å². The molecule has 1 aliphatic rings. The summed E-state index contributed by atoms with van der Waals surface area (Å²) in [5.41, 5.74) is 1.47. The van der Waals surface area contributed by atoms with Gasteiger partial charge < -0.3 is 20.1 Å². The van der Waals surface area contributed by atoms with Gasteiger partial charge in [0.25, 0.3) is 0 Å². The highest BCUT2D eigenvalue weighted by Gasteiger charge is 2.12. The Labute approximate surface area is 143 Å². The van der Waals surface area contributed by atoms with Gasteiger partial charge in [0, 0.05) is 33.6 Å². The molecule has 5 nitrogen and oxygen atoms in total. The van der Waals surface area contributed by atoms with Crippen molar-refractivity contribution in [2.24, 2.45) is 0 Å². The van der Waals surface area contributed by atoms with Gasteiger partial charge in [-0.2, -0.15) is 0 Å². The van der Waals surface area contributed by atoms with Crippen LogP contribution in [0.5, 0.6) is 11.5 Å². The molecule has 2 aromatic carbocycles. The predicted octanol–water partition coefficient (Wildman–Crippen LogP) is 4.71. The zero-order valence-electron chi connectivity index (χ0n) is 12.9. The van der Waals surface area contributed by atoms with Gasteiger partial charge in [-0.25, -0.2) is 4.79 Å². The van der Waals surface area contributed by atoms with Crippen LogP contribution in [0.2, 0.25) is 0 Å². The lowest BCUT2D eigenvalue weighted by Crippen LogP contribution is -2.19. The van der Waals surface area contributed by atoms with Gasteiger partial charge in [0.05, 0.1) is 18.9 Å². The Morgan fingerprint density at radius 1 is 1.00 bits per heavy atom. The van der Waals surface area contributed by atoms with E-state index in [4.69, 9.17) is 9.47 Å². The molecule has 0 unspecified atom stereocenters. The number of hydrogen-bond donors (Lipinski definition) is 2. The number of anilines is 2. The number of fused-ring (bicyclic) bond motifs is 2. The second-order valence-electron chi connectivity index (χ2n) is 5.44. The highest BCUT2D eigenvalue weighted by molar-refractivity contribution is 7.17. The van der Waals surface area contributed by atoms with Gasteiger partial charge in [0.1, 0.15) is 0 Å². The number of urea groups is 1. The van der Waals surface area contributed by atoms with Gasteiger partial charge in [0.2, 0.25) is 0 Å². The molecule has 0 spiro atoms. The van der Waals surface area contributed by atoms with E-state index >= 15 is 0 Å². The van der Waals surface area contributed by atoms with Crippen molar-refractivity contribution in [3.05, 3.63) is 47.8 Å². The summed E-state index contributed by atoms with van der Waals surface area (Å²) in [5, 5.41) is 8.71. The van der Waals surface area contributed by atoms with E-state index in [0.717, 1.165) is 22.2 Å².